The van der Waals surface area contributed by atoms with E-state index in [1.165, 1.54) is 0 Å². The van der Waals surface area contributed by atoms with Crippen molar-refractivity contribution in [2.24, 2.45) is 0 Å². The van der Waals surface area contributed by atoms with Crippen LogP contribution >= 0.6 is 0 Å². The smallest absolute Gasteiger partial charge is 0.335 e. The quantitative estimate of drug-likeness (QED) is 0.319. The lowest BCUT2D eigenvalue weighted by Crippen LogP contribution is -2.41. The number of carbonyl (C=O) groups is 3. The van der Waals surface area contributed by atoms with Crippen molar-refractivity contribution in [2.45, 2.75) is 55.9 Å². The first kappa shape index (κ1) is 20.8. The van der Waals surface area contributed by atoms with Crippen molar-refractivity contribution in [3.05, 3.63) is 36.5 Å². The van der Waals surface area contributed by atoms with Gasteiger partial charge in [-0.25, -0.2) is 14.4 Å². The first-order valence-electron chi connectivity index (χ1n) is 10.0. The van der Waals surface area contributed by atoms with Gasteiger partial charge in [0.05, 0.1) is 0 Å². The van der Waals surface area contributed by atoms with Crippen LogP contribution in [-0.4, -0.2) is 74.4 Å². The zero-order valence-corrected chi connectivity index (χ0v) is 16.3. The molecule has 0 radical (unpaired) electrons. The van der Waals surface area contributed by atoms with Crippen molar-refractivity contribution in [3.63, 3.8) is 0 Å². The fourth-order valence-electron chi connectivity index (χ4n) is 3.51. The second-order valence-electron chi connectivity index (χ2n) is 7.37. The van der Waals surface area contributed by atoms with Crippen LogP contribution in [0.25, 0.3) is 0 Å². The zero-order valence-electron chi connectivity index (χ0n) is 16.3. The molecule has 0 saturated carbocycles. The summed E-state index contributed by atoms with van der Waals surface area (Å²) in [7, 11) is 0. The lowest BCUT2D eigenvalue weighted by molar-refractivity contribution is -0.178. The monoisotopic (exact) mass is 420 g/mol. The van der Waals surface area contributed by atoms with Crippen LogP contribution in [-0.2, 0) is 42.8 Å². The van der Waals surface area contributed by atoms with Gasteiger partial charge in [-0.15, -0.1) is 0 Å². The number of hydrogen-bond acceptors (Lipinski definition) is 9. The van der Waals surface area contributed by atoms with E-state index in [4.69, 9.17) is 28.4 Å². The van der Waals surface area contributed by atoms with E-state index in [9.17, 15) is 14.4 Å². The summed E-state index contributed by atoms with van der Waals surface area (Å²) in [6, 6.07) is 0. The van der Waals surface area contributed by atoms with E-state index in [2.05, 4.69) is 0 Å². The van der Waals surface area contributed by atoms with Crippen molar-refractivity contribution >= 4 is 17.9 Å². The van der Waals surface area contributed by atoms with Crippen LogP contribution in [0.4, 0.5) is 0 Å². The first-order valence-corrected chi connectivity index (χ1v) is 10.0. The molecule has 0 unspecified atom stereocenters. The van der Waals surface area contributed by atoms with Gasteiger partial charge in [-0.2, -0.15) is 0 Å². The van der Waals surface area contributed by atoms with Crippen molar-refractivity contribution in [3.8, 4) is 0 Å². The van der Waals surface area contributed by atoms with Gasteiger partial charge in [0.1, 0.15) is 38.1 Å². The molecule has 4 aliphatic heterocycles. The van der Waals surface area contributed by atoms with Crippen LogP contribution in [0.15, 0.2) is 36.5 Å². The normalized spacial score (nSPS) is 37.4. The van der Waals surface area contributed by atoms with E-state index in [-0.39, 0.29) is 19.8 Å². The highest BCUT2D eigenvalue weighted by molar-refractivity contribution is 5.76. The van der Waals surface area contributed by atoms with E-state index in [1.807, 2.05) is 0 Å². The summed E-state index contributed by atoms with van der Waals surface area (Å²) < 4.78 is 33.0. The maximum atomic E-state index is 12.4. The molecule has 30 heavy (non-hydrogen) atoms. The average molecular weight is 420 g/mol. The number of carbonyl (C=O) groups excluding carboxylic acids is 3. The Kier molecular flexibility index (Phi) is 6.61. The van der Waals surface area contributed by atoms with E-state index >= 15 is 0 Å². The molecule has 6 atom stereocenters. The first-order chi connectivity index (χ1) is 14.6. The molecule has 0 spiro atoms. The van der Waals surface area contributed by atoms with Crippen LogP contribution in [0.3, 0.4) is 0 Å². The second kappa shape index (κ2) is 9.55. The van der Waals surface area contributed by atoms with E-state index in [1.54, 1.807) is 36.5 Å². The van der Waals surface area contributed by atoms with Gasteiger partial charge in [-0.05, 0) is 0 Å². The van der Waals surface area contributed by atoms with Crippen molar-refractivity contribution in [1.82, 2.24) is 0 Å². The Morgan fingerprint density at radius 1 is 0.533 bits per heavy atom. The maximum absolute atomic E-state index is 12.4. The minimum Gasteiger partial charge on any atom is -0.461 e. The topological polar surface area (TPSA) is 107 Å². The third-order valence-electron chi connectivity index (χ3n) is 5.08. The zero-order chi connectivity index (χ0) is 20.9. The summed E-state index contributed by atoms with van der Waals surface area (Å²) in [5.41, 5.74) is 0. The average Bonchev–Trinajstić information content (AvgIpc) is 2.79. The molecule has 0 aromatic heterocycles. The lowest BCUT2D eigenvalue weighted by Gasteiger charge is -2.29. The Hall–Kier alpha value is -2.49. The molecule has 0 aliphatic carbocycles. The number of esters is 3. The van der Waals surface area contributed by atoms with Crippen LogP contribution in [0.5, 0.6) is 0 Å². The van der Waals surface area contributed by atoms with Gasteiger partial charge in [0.25, 0.3) is 0 Å². The molecule has 4 heterocycles. The Bertz CT molecular complexity index is 656. The Balaban J connectivity index is 1.47. The summed E-state index contributed by atoms with van der Waals surface area (Å²) in [6.07, 6.45) is 7.65. The largest absolute Gasteiger partial charge is 0.461 e. The number of fused-ring (bicyclic) bond motifs is 6. The van der Waals surface area contributed by atoms with E-state index < -0.39 is 54.5 Å². The third-order valence-corrected chi connectivity index (χ3v) is 5.08. The second-order valence-corrected chi connectivity index (χ2v) is 7.37. The van der Waals surface area contributed by atoms with Gasteiger partial charge >= 0.3 is 17.9 Å². The van der Waals surface area contributed by atoms with Crippen molar-refractivity contribution in [2.75, 3.05) is 19.8 Å². The Morgan fingerprint density at radius 3 is 1.13 bits per heavy atom. The maximum Gasteiger partial charge on any atom is 0.335 e. The molecule has 0 aromatic carbocycles. The number of rotatable bonds is 0. The highest BCUT2D eigenvalue weighted by Crippen LogP contribution is 2.20. The molecule has 0 amide bonds. The molecular weight excluding hydrogens is 396 g/mol. The molecule has 6 bridgehead atoms. The summed E-state index contributed by atoms with van der Waals surface area (Å²) in [5, 5.41) is 0. The highest BCUT2D eigenvalue weighted by atomic mass is 16.6. The standard InChI is InChI=1S/C21H24O9/c22-19-16-7-1-4-13(28-16)10-25-20(23)17-8-3-6-15(30-17)12-27-21(24)18-9-2-5-14(29-18)11-26-19/h1-6,13-18H,7-12H2/t13-,14-,15-,16+,17+,18+/m0/s1. The number of ether oxygens (including phenoxy) is 6. The minimum absolute atomic E-state index is 0.0432. The predicted molar refractivity (Wildman–Crippen MR) is 100 cm³/mol. The van der Waals surface area contributed by atoms with Gasteiger partial charge in [0.15, 0.2) is 18.3 Å². The van der Waals surface area contributed by atoms with Gasteiger partial charge in [-0.3, -0.25) is 0 Å². The van der Waals surface area contributed by atoms with Crippen molar-refractivity contribution < 1.29 is 42.8 Å². The van der Waals surface area contributed by atoms with E-state index in [0.29, 0.717) is 19.3 Å². The van der Waals surface area contributed by atoms with Gasteiger partial charge in [0.2, 0.25) is 0 Å². The van der Waals surface area contributed by atoms with Gasteiger partial charge in [0, 0.05) is 19.3 Å². The number of hydrogen-bond donors (Lipinski definition) is 0. The SMILES string of the molecule is O=C1OC[C@@H]2C=CC[C@@H](O2)C(=O)OC[C@@H]2C=CC[C@@H](O2)C(=O)OC[C@@H]2C=CC[C@H]1O2. The van der Waals surface area contributed by atoms with E-state index in [0.717, 1.165) is 0 Å². The number of cyclic esters (lactones) is 3. The molecule has 9 heteroatoms. The van der Waals surface area contributed by atoms with Crippen LogP contribution in [0.1, 0.15) is 19.3 Å². The Morgan fingerprint density at radius 2 is 0.833 bits per heavy atom. The molecule has 4 rings (SSSR count). The summed E-state index contributed by atoms with van der Waals surface area (Å²) in [4.78, 5) is 37.1. The molecule has 0 aromatic rings. The molecule has 1 saturated heterocycles. The van der Waals surface area contributed by atoms with Crippen molar-refractivity contribution in [1.29, 1.82) is 0 Å². The summed E-state index contributed by atoms with van der Waals surface area (Å²) in [6.45, 7) is -0.129. The summed E-state index contributed by atoms with van der Waals surface area (Å²) >= 11 is 0. The lowest BCUT2D eigenvalue weighted by atomic mass is 10.1. The fourth-order valence-corrected chi connectivity index (χ4v) is 3.51. The van der Waals surface area contributed by atoms with Crippen LogP contribution < -0.4 is 0 Å². The van der Waals surface area contributed by atoms with Crippen LogP contribution in [0, 0.1) is 0 Å². The fraction of sp³-hybridized carbons (Fsp3) is 0.571. The molecule has 162 valence electrons. The molecule has 1 fully saturated rings. The molecular formula is C21H24O9. The molecule has 9 nitrogen and oxygen atoms in total. The molecule has 4 aliphatic rings. The third kappa shape index (κ3) is 5.16. The Labute approximate surface area is 173 Å². The van der Waals surface area contributed by atoms with Gasteiger partial charge in [-0.1, -0.05) is 36.5 Å². The van der Waals surface area contributed by atoms with Gasteiger partial charge < -0.3 is 28.4 Å². The molecule has 0 N–H and O–H groups in total. The minimum atomic E-state index is -0.802. The predicted octanol–water partition coefficient (Wildman–Crippen LogP) is 0.771. The summed E-state index contributed by atoms with van der Waals surface area (Å²) in [5.74, 6) is -1.62. The highest BCUT2D eigenvalue weighted by Gasteiger charge is 2.33. The van der Waals surface area contributed by atoms with Crippen LogP contribution in [0.2, 0.25) is 0 Å².